The first-order valence-electron chi connectivity index (χ1n) is 11.2. The van der Waals surface area contributed by atoms with Gasteiger partial charge in [0.1, 0.15) is 6.29 Å². The fourth-order valence-corrected chi connectivity index (χ4v) is 6.50. The number of carbonyl (C=O) groups is 1. The number of hydrogen-bond acceptors (Lipinski definition) is 1. The van der Waals surface area contributed by atoms with E-state index in [1.165, 1.54) is 44.8 Å². The van der Waals surface area contributed by atoms with Gasteiger partial charge in [0.25, 0.3) is 0 Å². The van der Waals surface area contributed by atoms with Crippen molar-refractivity contribution in [2.75, 3.05) is 0 Å². The van der Waals surface area contributed by atoms with Crippen LogP contribution in [0, 0.1) is 59.2 Å². The predicted octanol–water partition coefficient (Wildman–Crippen LogP) is 6.85. The predicted molar refractivity (Wildman–Crippen MR) is 108 cm³/mol. The van der Waals surface area contributed by atoms with Gasteiger partial charge >= 0.3 is 0 Å². The molecule has 0 spiro atoms. The van der Waals surface area contributed by atoms with Gasteiger partial charge in [-0.3, -0.25) is 0 Å². The Balaban J connectivity index is 2.22. The van der Waals surface area contributed by atoms with Crippen molar-refractivity contribution in [2.45, 2.75) is 87.0 Å². The Morgan fingerprint density at radius 2 is 1.12 bits per heavy atom. The van der Waals surface area contributed by atoms with Crippen LogP contribution < -0.4 is 0 Å². The van der Waals surface area contributed by atoms with E-state index in [4.69, 9.17) is 0 Å². The van der Waals surface area contributed by atoms with Crippen LogP contribution in [0.15, 0.2) is 0 Å². The van der Waals surface area contributed by atoms with Gasteiger partial charge in [-0.2, -0.15) is 0 Å². The fourth-order valence-electron chi connectivity index (χ4n) is 6.50. The van der Waals surface area contributed by atoms with Crippen LogP contribution in [-0.2, 0) is 4.79 Å². The lowest BCUT2D eigenvalue weighted by atomic mass is 9.58. The van der Waals surface area contributed by atoms with Crippen molar-refractivity contribution in [3.63, 3.8) is 0 Å². The molecule has 0 N–H and O–H groups in total. The summed E-state index contributed by atoms with van der Waals surface area (Å²) >= 11 is 0. The summed E-state index contributed by atoms with van der Waals surface area (Å²) in [6.45, 7) is 16.8. The molecule has 0 aliphatic heterocycles. The monoisotopic (exact) mass is 348 g/mol. The molecule has 1 nitrogen and oxygen atoms in total. The molecule has 2 fully saturated rings. The maximum atomic E-state index is 12.3. The summed E-state index contributed by atoms with van der Waals surface area (Å²) in [5.41, 5.74) is 0. The zero-order valence-corrected chi connectivity index (χ0v) is 18.0. The van der Waals surface area contributed by atoms with Crippen LogP contribution in [-0.4, -0.2) is 6.29 Å². The van der Waals surface area contributed by atoms with E-state index in [9.17, 15) is 4.79 Å². The molecule has 0 radical (unpaired) electrons. The molecule has 146 valence electrons. The molecule has 1 heteroatoms. The van der Waals surface area contributed by atoms with E-state index in [-0.39, 0.29) is 5.92 Å². The summed E-state index contributed by atoms with van der Waals surface area (Å²) in [7, 11) is 0. The van der Waals surface area contributed by atoms with E-state index in [2.05, 4.69) is 48.5 Å². The van der Waals surface area contributed by atoms with Crippen LogP contribution in [0.25, 0.3) is 0 Å². The second-order valence-corrected chi connectivity index (χ2v) is 10.6. The zero-order chi connectivity index (χ0) is 18.7. The summed E-state index contributed by atoms with van der Waals surface area (Å²) in [5.74, 6) is 6.80. The topological polar surface area (TPSA) is 17.1 Å². The van der Waals surface area contributed by atoms with Crippen LogP contribution in [0.5, 0.6) is 0 Å². The molecule has 0 heterocycles. The van der Waals surface area contributed by atoms with Crippen molar-refractivity contribution < 1.29 is 4.79 Å². The first-order valence-corrected chi connectivity index (χ1v) is 11.2. The zero-order valence-electron chi connectivity index (χ0n) is 18.0. The molecule has 8 atom stereocenters. The van der Waals surface area contributed by atoms with Crippen molar-refractivity contribution in [1.29, 1.82) is 0 Å². The molecule has 0 aromatic rings. The third-order valence-electron chi connectivity index (χ3n) is 8.08. The highest BCUT2D eigenvalue weighted by atomic mass is 16.1. The average Bonchev–Trinajstić information content (AvgIpc) is 2.54. The third-order valence-corrected chi connectivity index (χ3v) is 8.08. The highest BCUT2D eigenvalue weighted by Crippen LogP contribution is 2.49. The van der Waals surface area contributed by atoms with Gasteiger partial charge in [-0.05, 0) is 78.9 Å². The van der Waals surface area contributed by atoms with Crippen molar-refractivity contribution >= 4 is 6.29 Å². The van der Waals surface area contributed by atoms with E-state index in [0.29, 0.717) is 17.8 Å². The van der Waals surface area contributed by atoms with E-state index >= 15 is 0 Å². The molecule has 2 rings (SSSR count). The maximum Gasteiger partial charge on any atom is 0.123 e. The Bertz CT molecular complexity index is 412. The second-order valence-electron chi connectivity index (χ2n) is 10.6. The van der Waals surface area contributed by atoms with Crippen molar-refractivity contribution in [3.8, 4) is 0 Å². The highest BCUT2D eigenvalue weighted by Gasteiger charge is 2.43. The summed E-state index contributed by atoms with van der Waals surface area (Å²) in [6, 6.07) is 0. The Hall–Kier alpha value is -0.330. The van der Waals surface area contributed by atoms with E-state index in [1.54, 1.807) is 0 Å². The molecule has 0 saturated heterocycles. The van der Waals surface area contributed by atoms with Crippen LogP contribution in [0.3, 0.4) is 0 Å². The lowest BCUT2D eigenvalue weighted by molar-refractivity contribution is -0.118. The van der Waals surface area contributed by atoms with Crippen LogP contribution in [0.1, 0.15) is 87.0 Å². The Labute approximate surface area is 157 Å². The van der Waals surface area contributed by atoms with Gasteiger partial charge in [-0.15, -0.1) is 0 Å². The van der Waals surface area contributed by atoms with Gasteiger partial charge in [0.15, 0.2) is 0 Å². The number of aldehydes is 1. The molecule has 2 aliphatic carbocycles. The fraction of sp³-hybridized carbons (Fsp3) is 0.958. The first kappa shape index (κ1) is 21.0. The molecule has 0 amide bonds. The number of rotatable bonds is 6. The summed E-state index contributed by atoms with van der Waals surface area (Å²) in [5, 5.41) is 0. The van der Waals surface area contributed by atoms with Gasteiger partial charge in [-0.1, -0.05) is 61.3 Å². The standard InChI is InChI=1S/C24H44O/c1-15(2)20-10-8-17(5)12-22(20)19(7)24(14-25)23-13-18(6)9-11-21(23)16(3)4/h14-24H,8-13H2,1-7H3. The Kier molecular flexibility index (Phi) is 7.59. The van der Waals surface area contributed by atoms with Crippen LogP contribution in [0.2, 0.25) is 0 Å². The Morgan fingerprint density at radius 1 is 0.680 bits per heavy atom. The summed E-state index contributed by atoms with van der Waals surface area (Å²) in [6.07, 6.45) is 9.41. The quantitative estimate of drug-likeness (QED) is 0.479. The van der Waals surface area contributed by atoms with Gasteiger partial charge < -0.3 is 4.79 Å². The molecule has 2 aliphatic rings. The lowest BCUT2D eigenvalue weighted by Crippen LogP contribution is -2.42. The van der Waals surface area contributed by atoms with Gasteiger partial charge in [0.2, 0.25) is 0 Å². The molecule has 2 saturated carbocycles. The van der Waals surface area contributed by atoms with Crippen molar-refractivity contribution in [3.05, 3.63) is 0 Å². The van der Waals surface area contributed by atoms with E-state index < -0.39 is 0 Å². The summed E-state index contributed by atoms with van der Waals surface area (Å²) < 4.78 is 0. The van der Waals surface area contributed by atoms with Crippen LogP contribution in [0.4, 0.5) is 0 Å². The molecule has 0 aromatic heterocycles. The average molecular weight is 349 g/mol. The maximum absolute atomic E-state index is 12.3. The molecule has 0 bridgehead atoms. The van der Waals surface area contributed by atoms with Crippen molar-refractivity contribution in [1.82, 2.24) is 0 Å². The van der Waals surface area contributed by atoms with Gasteiger partial charge in [-0.25, -0.2) is 0 Å². The smallest absolute Gasteiger partial charge is 0.123 e. The molecular weight excluding hydrogens is 304 g/mol. The van der Waals surface area contributed by atoms with E-state index in [0.717, 1.165) is 35.5 Å². The molecular formula is C24H44O. The van der Waals surface area contributed by atoms with Gasteiger partial charge in [0.05, 0.1) is 0 Å². The summed E-state index contributed by atoms with van der Waals surface area (Å²) in [4.78, 5) is 12.3. The molecule has 8 unspecified atom stereocenters. The largest absolute Gasteiger partial charge is 0.303 e. The first-order chi connectivity index (χ1) is 11.8. The minimum absolute atomic E-state index is 0.270. The number of carbonyl (C=O) groups excluding carboxylic acids is 1. The third kappa shape index (κ3) is 4.89. The number of hydrogen-bond donors (Lipinski definition) is 0. The normalized spacial score (nSPS) is 39.4. The lowest BCUT2D eigenvalue weighted by Gasteiger charge is -2.47. The van der Waals surface area contributed by atoms with Crippen LogP contribution >= 0.6 is 0 Å². The van der Waals surface area contributed by atoms with E-state index in [1.807, 2.05) is 0 Å². The SMILES string of the molecule is CC1CCC(C(C)C)C(C(C)C(C=O)C2CC(C)CCC2C(C)C)C1. The highest BCUT2D eigenvalue weighted by molar-refractivity contribution is 5.55. The molecule has 0 aromatic carbocycles. The second kappa shape index (κ2) is 9.05. The van der Waals surface area contributed by atoms with Gasteiger partial charge in [0, 0.05) is 5.92 Å². The minimum atomic E-state index is 0.270. The minimum Gasteiger partial charge on any atom is -0.303 e. The van der Waals surface area contributed by atoms with Crippen molar-refractivity contribution in [2.24, 2.45) is 59.2 Å². The Morgan fingerprint density at radius 3 is 1.56 bits per heavy atom. The molecule has 25 heavy (non-hydrogen) atoms.